The SMILES string of the molecule is N=C(C(=O)N1CCOc2ccccc2C1)c1cccc(F)c1N. The average molecular weight is 313 g/mol. The molecule has 23 heavy (non-hydrogen) atoms. The highest BCUT2D eigenvalue weighted by Gasteiger charge is 2.25. The van der Waals surface area contributed by atoms with Crippen LogP contribution in [0, 0.1) is 11.2 Å². The van der Waals surface area contributed by atoms with Crippen LogP contribution in [0.1, 0.15) is 11.1 Å². The first-order valence-electron chi connectivity index (χ1n) is 7.21. The van der Waals surface area contributed by atoms with Gasteiger partial charge in [-0.05, 0) is 12.1 Å². The number of nitrogens with zero attached hydrogens (tertiary/aromatic N) is 1. The molecule has 0 aliphatic carbocycles. The molecule has 3 N–H and O–H groups in total. The number of nitrogen functional groups attached to an aromatic ring is 1. The third-order valence-electron chi connectivity index (χ3n) is 3.78. The fourth-order valence-electron chi connectivity index (χ4n) is 2.53. The van der Waals surface area contributed by atoms with Gasteiger partial charge in [-0.3, -0.25) is 10.2 Å². The molecule has 0 saturated carbocycles. The van der Waals surface area contributed by atoms with Crippen LogP contribution >= 0.6 is 0 Å². The molecule has 0 spiro atoms. The topological polar surface area (TPSA) is 79.4 Å². The van der Waals surface area contributed by atoms with Crippen LogP contribution in [0.3, 0.4) is 0 Å². The minimum absolute atomic E-state index is 0.105. The predicted molar refractivity (Wildman–Crippen MR) is 85.0 cm³/mol. The molecule has 0 fully saturated rings. The lowest BCUT2D eigenvalue weighted by Crippen LogP contribution is -2.37. The number of ether oxygens (including phenoxy) is 1. The lowest BCUT2D eigenvalue weighted by atomic mass is 10.1. The first-order chi connectivity index (χ1) is 11.1. The largest absolute Gasteiger partial charge is 0.491 e. The Kier molecular flexibility index (Phi) is 3.97. The highest BCUT2D eigenvalue weighted by Crippen LogP contribution is 2.23. The van der Waals surface area contributed by atoms with Gasteiger partial charge in [-0.15, -0.1) is 0 Å². The summed E-state index contributed by atoms with van der Waals surface area (Å²) >= 11 is 0. The van der Waals surface area contributed by atoms with Crippen LogP contribution in [0.2, 0.25) is 0 Å². The molecule has 1 amide bonds. The molecule has 0 radical (unpaired) electrons. The van der Waals surface area contributed by atoms with Gasteiger partial charge in [-0.25, -0.2) is 4.39 Å². The molecular weight excluding hydrogens is 297 g/mol. The molecule has 1 heterocycles. The number of benzene rings is 2. The first-order valence-corrected chi connectivity index (χ1v) is 7.21. The van der Waals surface area contributed by atoms with Gasteiger partial charge in [0.2, 0.25) is 0 Å². The van der Waals surface area contributed by atoms with Crippen LogP contribution in [0.5, 0.6) is 5.75 Å². The zero-order chi connectivity index (χ0) is 16.4. The lowest BCUT2D eigenvalue weighted by Gasteiger charge is -2.20. The summed E-state index contributed by atoms with van der Waals surface area (Å²) in [6.45, 7) is 1.03. The quantitative estimate of drug-likeness (QED) is 0.659. The van der Waals surface area contributed by atoms with Crippen molar-refractivity contribution in [1.29, 1.82) is 5.41 Å². The van der Waals surface area contributed by atoms with Crippen LogP contribution < -0.4 is 10.5 Å². The van der Waals surface area contributed by atoms with E-state index in [9.17, 15) is 9.18 Å². The van der Waals surface area contributed by atoms with Crippen molar-refractivity contribution >= 4 is 17.3 Å². The van der Waals surface area contributed by atoms with Crippen LogP contribution in [0.15, 0.2) is 42.5 Å². The zero-order valence-corrected chi connectivity index (χ0v) is 12.4. The molecule has 3 rings (SSSR count). The van der Waals surface area contributed by atoms with E-state index in [0.717, 1.165) is 11.3 Å². The molecule has 0 unspecified atom stereocenters. The minimum Gasteiger partial charge on any atom is -0.491 e. The number of nitrogens with one attached hydrogen (secondary N) is 1. The van der Waals surface area contributed by atoms with Gasteiger partial charge in [-0.1, -0.05) is 30.3 Å². The monoisotopic (exact) mass is 313 g/mol. The molecule has 0 bridgehead atoms. The number of carbonyl (C=O) groups is 1. The average Bonchev–Trinajstić information content (AvgIpc) is 2.78. The van der Waals surface area contributed by atoms with E-state index in [1.54, 1.807) is 0 Å². The van der Waals surface area contributed by atoms with Gasteiger partial charge in [0.1, 0.15) is 23.9 Å². The van der Waals surface area contributed by atoms with Crippen LogP contribution in [0.4, 0.5) is 10.1 Å². The second kappa shape index (κ2) is 6.08. The minimum atomic E-state index is -0.635. The van der Waals surface area contributed by atoms with Gasteiger partial charge in [0.15, 0.2) is 0 Å². The Balaban J connectivity index is 1.85. The van der Waals surface area contributed by atoms with Gasteiger partial charge < -0.3 is 15.4 Å². The van der Waals surface area contributed by atoms with Crippen molar-refractivity contribution < 1.29 is 13.9 Å². The van der Waals surface area contributed by atoms with Crippen molar-refractivity contribution in [2.45, 2.75) is 6.54 Å². The summed E-state index contributed by atoms with van der Waals surface area (Å²) in [7, 11) is 0. The number of carbonyl (C=O) groups excluding carboxylic acids is 1. The Hall–Kier alpha value is -2.89. The van der Waals surface area contributed by atoms with E-state index in [1.165, 1.54) is 23.1 Å². The molecule has 118 valence electrons. The van der Waals surface area contributed by atoms with Gasteiger partial charge in [0.25, 0.3) is 5.91 Å². The lowest BCUT2D eigenvalue weighted by molar-refractivity contribution is -0.124. The molecule has 2 aromatic carbocycles. The van der Waals surface area contributed by atoms with Gasteiger partial charge in [0, 0.05) is 17.7 Å². The Morgan fingerprint density at radius 1 is 1.22 bits per heavy atom. The molecule has 6 heteroatoms. The third kappa shape index (κ3) is 2.88. The van der Waals surface area contributed by atoms with E-state index in [4.69, 9.17) is 15.9 Å². The Labute approximate surface area is 133 Å². The summed E-state index contributed by atoms with van der Waals surface area (Å²) in [6, 6.07) is 11.6. The molecule has 0 saturated heterocycles. The molecule has 0 aromatic heterocycles. The zero-order valence-electron chi connectivity index (χ0n) is 12.4. The molecule has 1 aliphatic heterocycles. The summed E-state index contributed by atoms with van der Waals surface area (Å²) < 4.78 is 19.1. The number of halogens is 1. The summed E-state index contributed by atoms with van der Waals surface area (Å²) in [4.78, 5) is 14.1. The molecular formula is C17H16FN3O2. The fraction of sp³-hybridized carbons (Fsp3) is 0.176. The van der Waals surface area contributed by atoms with Crippen molar-refractivity contribution in [3.8, 4) is 5.75 Å². The molecule has 0 atom stereocenters. The number of rotatable bonds is 2. The van der Waals surface area contributed by atoms with Crippen molar-refractivity contribution in [1.82, 2.24) is 4.90 Å². The number of hydrogen-bond donors (Lipinski definition) is 2. The highest BCUT2D eigenvalue weighted by atomic mass is 19.1. The van der Waals surface area contributed by atoms with Gasteiger partial charge in [0.05, 0.1) is 12.2 Å². The maximum Gasteiger partial charge on any atom is 0.272 e. The summed E-state index contributed by atoms with van der Waals surface area (Å²) in [5, 5.41) is 8.09. The third-order valence-corrected chi connectivity index (χ3v) is 3.78. The maximum atomic E-state index is 13.5. The molecule has 5 nitrogen and oxygen atoms in total. The van der Waals surface area contributed by atoms with E-state index in [2.05, 4.69) is 0 Å². The number of hydrogen-bond acceptors (Lipinski definition) is 4. The number of para-hydroxylation sites is 2. The highest BCUT2D eigenvalue weighted by molar-refractivity contribution is 6.45. The maximum absolute atomic E-state index is 13.5. The normalized spacial score (nSPS) is 13.7. The van der Waals surface area contributed by atoms with E-state index in [-0.39, 0.29) is 17.0 Å². The molecule has 2 aromatic rings. The van der Waals surface area contributed by atoms with E-state index in [1.807, 2.05) is 24.3 Å². The second-order valence-electron chi connectivity index (χ2n) is 5.26. The van der Waals surface area contributed by atoms with Gasteiger partial charge in [-0.2, -0.15) is 0 Å². The Morgan fingerprint density at radius 2 is 2.00 bits per heavy atom. The second-order valence-corrected chi connectivity index (χ2v) is 5.26. The van der Waals surface area contributed by atoms with E-state index >= 15 is 0 Å². The van der Waals surface area contributed by atoms with Crippen LogP contribution in [-0.2, 0) is 11.3 Å². The standard InChI is InChI=1S/C17H16FN3O2/c18-13-6-3-5-12(15(13)19)16(20)17(22)21-8-9-23-14-7-2-1-4-11(14)10-21/h1-7,20H,8-10,19H2. The van der Waals surface area contributed by atoms with Crippen LogP contribution in [-0.4, -0.2) is 29.7 Å². The Bertz CT molecular complexity index is 776. The molecule has 1 aliphatic rings. The number of amides is 1. The van der Waals surface area contributed by atoms with E-state index < -0.39 is 11.7 Å². The van der Waals surface area contributed by atoms with Crippen molar-refractivity contribution in [3.05, 3.63) is 59.4 Å². The Morgan fingerprint density at radius 3 is 2.83 bits per heavy atom. The number of anilines is 1. The summed E-state index contributed by atoms with van der Waals surface area (Å²) in [5.41, 5.74) is 6.12. The van der Waals surface area contributed by atoms with Crippen molar-refractivity contribution in [3.63, 3.8) is 0 Å². The predicted octanol–water partition coefficient (Wildman–Crippen LogP) is 2.20. The first kappa shape index (κ1) is 15.0. The number of fused-ring (bicyclic) bond motifs is 1. The fourth-order valence-corrected chi connectivity index (χ4v) is 2.53. The van der Waals surface area contributed by atoms with E-state index in [0.29, 0.717) is 19.7 Å². The number of nitrogens with two attached hydrogens (primary N) is 1. The van der Waals surface area contributed by atoms with Crippen molar-refractivity contribution in [2.75, 3.05) is 18.9 Å². The summed E-state index contributed by atoms with van der Waals surface area (Å²) in [6.07, 6.45) is 0. The smallest absolute Gasteiger partial charge is 0.272 e. The summed E-state index contributed by atoms with van der Waals surface area (Å²) in [5.74, 6) is -0.396. The van der Waals surface area contributed by atoms with Crippen molar-refractivity contribution in [2.24, 2.45) is 0 Å². The van der Waals surface area contributed by atoms with Gasteiger partial charge >= 0.3 is 0 Å². The van der Waals surface area contributed by atoms with Crippen LogP contribution in [0.25, 0.3) is 0 Å².